The van der Waals surface area contributed by atoms with E-state index in [9.17, 15) is 9.59 Å². The van der Waals surface area contributed by atoms with Crippen LogP contribution in [0.2, 0.25) is 0 Å². The van der Waals surface area contributed by atoms with Crippen molar-refractivity contribution in [3.8, 4) is 0 Å². The first-order valence-electron chi connectivity index (χ1n) is 8.49. The molecule has 0 unspecified atom stereocenters. The van der Waals surface area contributed by atoms with Crippen molar-refractivity contribution in [3.63, 3.8) is 0 Å². The zero-order valence-corrected chi connectivity index (χ0v) is 14.7. The molecule has 0 bridgehead atoms. The van der Waals surface area contributed by atoms with Crippen molar-refractivity contribution in [2.24, 2.45) is 5.73 Å². The molecule has 0 spiro atoms. The van der Waals surface area contributed by atoms with E-state index in [0.717, 1.165) is 5.56 Å². The van der Waals surface area contributed by atoms with Crippen LogP contribution in [0.5, 0.6) is 0 Å². The van der Waals surface area contributed by atoms with Gasteiger partial charge in [-0.15, -0.1) is 0 Å². The number of amides is 1. The molecule has 0 aliphatic rings. The molecule has 2 aromatic rings. The van der Waals surface area contributed by atoms with E-state index in [1.54, 1.807) is 31.2 Å². The molecule has 2 atom stereocenters. The number of aliphatic hydroxyl groups excluding tert-OH is 1. The number of aliphatic hydroxyl groups is 1. The van der Waals surface area contributed by atoms with Gasteiger partial charge in [-0.3, -0.25) is 9.69 Å². The van der Waals surface area contributed by atoms with Gasteiger partial charge in [0.2, 0.25) is 5.91 Å². The quantitative estimate of drug-likeness (QED) is 0.700. The van der Waals surface area contributed by atoms with Gasteiger partial charge in [-0.1, -0.05) is 48.5 Å². The molecule has 0 radical (unpaired) electrons. The minimum atomic E-state index is -0.863. The number of carbonyl (C=O) groups excluding carboxylic acids is 2. The zero-order valence-electron chi connectivity index (χ0n) is 14.7. The summed E-state index contributed by atoms with van der Waals surface area (Å²) in [5.41, 5.74) is 7.65. The SMILES string of the molecule is C[C@@H](C(=O)OCCO)N(C(=O)[C@@H](N)Cc1ccccc1)c1ccccc1. The molecule has 6 heteroatoms. The lowest BCUT2D eigenvalue weighted by molar-refractivity contribution is -0.147. The second kappa shape index (κ2) is 9.70. The molecule has 26 heavy (non-hydrogen) atoms. The minimum absolute atomic E-state index is 0.115. The van der Waals surface area contributed by atoms with Crippen molar-refractivity contribution in [3.05, 3.63) is 66.2 Å². The lowest BCUT2D eigenvalue weighted by Gasteiger charge is -2.30. The molecule has 0 saturated carbocycles. The smallest absolute Gasteiger partial charge is 0.329 e. The number of ether oxygens (including phenoxy) is 1. The number of nitrogens with two attached hydrogens (primary N) is 1. The number of benzene rings is 2. The molecule has 3 N–H and O–H groups in total. The predicted molar refractivity (Wildman–Crippen MR) is 99.6 cm³/mol. The van der Waals surface area contributed by atoms with Crippen LogP contribution in [0.1, 0.15) is 12.5 Å². The van der Waals surface area contributed by atoms with Crippen LogP contribution in [-0.4, -0.2) is 42.3 Å². The van der Waals surface area contributed by atoms with E-state index >= 15 is 0 Å². The van der Waals surface area contributed by atoms with Gasteiger partial charge in [0.15, 0.2) is 0 Å². The fourth-order valence-electron chi connectivity index (χ4n) is 2.64. The van der Waals surface area contributed by atoms with Gasteiger partial charge in [0.25, 0.3) is 0 Å². The summed E-state index contributed by atoms with van der Waals surface area (Å²) >= 11 is 0. The Hall–Kier alpha value is -2.70. The van der Waals surface area contributed by atoms with Gasteiger partial charge < -0.3 is 15.6 Å². The number of esters is 1. The average molecular weight is 356 g/mol. The van der Waals surface area contributed by atoms with Gasteiger partial charge in [-0.25, -0.2) is 4.79 Å². The van der Waals surface area contributed by atoms with Crippen LogP contribution in [0.15, 0.2) is 60.7 Å². The molecule has 2 rings (SSSR count). The number of anilines is 1. The van der Waals surface area contributed by atoms with E-state index in [1.807, 2.05) is 36.4 Å². The Morgan fingerprint density at radius 2 is 1.65 bits per heavy atom. The Morgan fingerprint density at radius 1 is 1.08 bits per heavy atom. The van der Waals surface area contributed by atoms with Crippen LogP contribution in [-0.2, 0) is 20.7 Å². The summed E-state index contributed by atoms with van der Waals surface area (Å²) in [7, 11) is 0. The van der Waals surface area contributed by atoms with Gasteiger partial charge in [-0.05, 0) is 31.0 Å². The minimum Gasteiger partial charge on any atom is -0.462 e. The van der Waals surface area contributed by atoms with Crippen molar-refractivity contribution >= 4 is 17.6 Å². The van der Waals surface area contributed by atoms with Crippen molar-refractivity contribution in [2.75, 3.05) is 18.1 Å². The Balaban J connectivity index is 2.22. The van der Waals surface area contributed by atoms with Crippen molar-refractivity contribution in [1.29, 1.82) is 0 Å². The van der Waals surface area contributed by atoms with E-state index < -0.39 is 18.1 Å². The third-order valence-electron chi connectivity index (χ3n) is 3.95. The molecule has 0 heterocycles. The maximum Gasteiger partial charge on any atom is 0.329 e. The molecule has 0 fully saturated rings. The van der Waals surface area contributed by atoms with Crippen LogP contribution in [0.25, 0.3) is 0 Å². The molecule has 0 saturated heterocycles. The number of hydrogen-bond donors (Lipinski definition) is 2. The molecule has 0 aromatic heterocycles. The Kier molecular flexibility index (Phi) is 7.32. The first-order valence-corrected chi connectivity index (χ1v) is 8.49. The largest absolute Gasteiger partial charge is 0.462 e. The monoisotopic (exact) mass is 356 g/mol. The van der Waals surface area contributed by atoms with Crippen LogP contribution in [0, 0.1) is 0 Å². The summed E-state index contributed by atoms with van der Waals surface area (Å²) in [6.07, 6.45) is 0.363. The van der Waals surface area contributed by atoms with Crippen molar-refractivity contribution < 1.29 is 19.4 Å². The summed E-state index contributed by atoms with van der Waals surface area (Å²) in [4.78, 5) is 26.6. The normalized spacial score (nSPS) is 12.9. The second-order valence-corrected chi connectivity index (χ2v) is 5.91. The highest BCUT2D eigenvalue weighted by atomic mass is 16.5. The number of nitrogens with zero attached hydrogens (tertiary/aromatic N) is 1. The molecule has 1 amide bonds. The van der Waals surface area contributed by atoms with Gasteiger partial charge in [-0.2, -0.15) is 0 Å². The van der Waals surface area contributed by atoms with Gasteiger partial charge in [0, 0.05) is 5.69 Å². The topological polar surface area (TPSA) is 92.9 Å². The molecule has 2 aromatic carbocycles. The molecular weight excluding hydrogens is 332 g/mol. The summed E-state index contributed by atoms with van der Waals surface area (Å²) in [5.74, 6) is -0.961. The van der Waals surface area contributed by atoms with Gasteiger partial charge in [0.05, 0.1) is 12.6 Å². The van der Waals surface area contributed by atoms with Crippen LogP contribution >= 0.6 is 0 Å². The summed E-state index contributed by atoms with van der Waals surface area (Å²) < 4.78 is 4.98. The van der Waals surface area contributed by atoms with E-state index in [0.29, 0.717) is 12.1 Å². The number of hydrogen-bond acceptors (Lipinski definition) is 5. The Labute approximate surface area is 153 Å². The first-order chi connectivity index (χ1) is 12.5. The second-order valence-electron chi connectivity index (χ2n) is 5.91. The van der Waals surface area contributed by atoms with Crippen LogP contribution in [0.3, 0.4) is 0 Å². The standard InChI is InChI=1S/C20H24N2O4/c1-15(20(25)26-13-12-23)22(17-10-6-3-7-11-17)19(24)18(21)14-16-8-4-2-5-9-16/h2-11,15,18,23H,12-14,21H2,1H3/t15-,18-/m0/s1. The Morgan fingerprint density at radius 3 is 2.23 bits per heavy atom. The lowest BCUT2D eigenvalue weighted by Crippen LogP contribution is -2.52. The third-order valence-corrected chi connectivity index (χ3v) is 3.95. The van der Waals surface area contributed by atoms with Crippen molar-refractivity contribution in [2.45, 2.75) is 25.4 Å². The fourth-order valence-corrected chi connectivity index (χ4v) is 2.64. The lowest BCUT2D eigenvalue weighted by atomic mass is 10.0. The third kappa shape index (κ3) is 5.15. The maximum absolute atomic E-state index is 13.0. The number of rotatable bonds is 8. The zero-order chi connectivity index (χ0) is 18.9. The summed E-state index contributed by atoms with van der Waals surface area (Å²) in [5, 5.41) is 8.84. The highest BCUT2D eigenvalue weighted by Crippen LogP contribution is 2.19. The highest BCUT2D eigenvalue weighted by molar-refractivity contribution is 6.02. The Bertz CT molecular complexity index is 706. The molecule has 138 valence electrons. The van der Waals surface area contributed by atoms with E-state index in [4.69, 9.17) is 15.6 Å². The first kappa shape index (κ1) is 19.6. The number of carbonyl (C=O) groups is 2. The average Bonchev–Trinajstić information content (AvgIpc) is 2.67. The van der Waals surface area contributed by atoms with Gasteiger partial charge >= 0.3 is 5.97 Å². The van der Waals surface area contributed by atoms with Crippen molar-refractivity contribution in [1.82, 2.24) is 0 Å². The van der Waals surface area contributed by atoms with E-state index in [2.05, 4.69) is 0 Å². The number of para-hydroxylation sites is 1. The summed E-state index contributed by atoms with van der Waals surface area (Å²) in [6, 6.07) is 16.7. The molecular formula is C20H24N2O4. The maximum atomic E-state index is 13.0. The fraction of sp³-hybridized carbons (Fsp3) is 0.300. The predicted octanol–water partition coefficient (Wildman–Crippen LogP) is 1.51. The van der Waals surface area contributed by atoms with Crippen LogP contribution in [0.4, 0.5) is 5.69 Å². The van der Waals surface area contributed by atoms with Gasteiger partial charge in [0.1, 0.15) is 12.6 Å². The molecule has 0 aliphatic heterocycles. The summed E-state index contributed by atoms with van der Waals surface area (Å²) in [6.45, 7) is 1.20. The van der Waals surface area contributed by atoms with E-state index in [1.165, 1.54) is 4.90 Å². The highest BCUT2D eigenvalue weighted by Gasteiger charge is 2.31. The molecule has 0 aliphatic carbocycles. The molecule has 6 nitrogen and oxygen atoms in total. The van der Waals surface area contributed by atoms with Crippen LogP contribution < -0.4 is 10.6 Å². The van der Waals surface area contributed by atoms with E-state index in [-0.39, 0.29) is 19.1 Å².